The topological polar surface area (TPSA) is 16.6 Å². The van der Waals surface area contributed by atoms with Gasteiger partial charge in [0.1, 0.15) is 0 Å². The van der Waals surface area contributed by atoms with Gasteiger partial charge in [-0.25, -0.2) is 0 Å². The summed E-state index contributed by atoms with van der Waals surface area (Å²) in [5, 5.41) is 2.47. The molecule has 0 spiro atoms. The van der Waals surface area contributed by atoms with Crippen molar-refractivity contribution in [2.45, 2.75) is 110 Å². The summed E-state index contributed by atoms with van der Waals surface area (Å²) in [6.07, 6.45) is 21.8. The first-order valence-corrected chi connectivity index (χ1v) is 9.73. The third kappa shape index (κ3) is 22.7. The standard InChI is InChI=1S/C19H41N.ClH/c1-3-5-6-7-8-9-10-11-12-13-14-15-16-17-19-20-18-4-2;/h20H,3-19H2,1-2H3;1H. The molecule has 21 heavy (non-hydrogen) atoms. The van der Waals surface area contributed by atoms with Gasteiger partial charge in [0.25, 0.3) is 0 Å². The Hall–Kier alpha value is 0.250. The third-order valence-corrected chi connectivity index (χ3v) is 4.25. The zero-order chi connectivity index (χ0) is 14.7. The Morgan fingerprint density at radius 1 is 0.429 bits per heavy atom. The van der Waals surface area contributed by atoms with Crippen LogP contribution < -0.4 is 17.7 Å². The third-order valence-electron chi connectivity index (χ3n) is 4.25. The molecule has 0 unspecified atom stereocenters. The average Bonchev–Trinajstić information content (AvgIpc) is 2.47. The normalized spacial score (nSPS) is 10.6. The van der Waals surface area contributed by atoms with E-state index in [1.807, 2.05) is 0 Å². The summed E-state index contributed by atoms with van der Waals surface area (Å²) in [4.78, 5) is 0. The van der Waals surface area contributed by atoms with E-state index >= 15 is 0 Å². The summed E-state index contributed by atoms with van der Waals surface area (Å²) in [6, 6.07) is 0. The number of quaternary nitrogens is 1. The Bertz CT molecular complexity index is 144. The molecule has 0 amide bonds. The lowest BCUT2D eigenvalue weighted by atomic mass is 10.0. The predicted molar refractivity (Wildman–Crippen MR) is 92.3 cm³/mol. The number of hydrogen-bond acceptors (Lipinski definition) is 0. The van der Waals surface area contributed by atoms with Gasteiger partial charge in [0.05, 0.1) is 13.1 Å². The number of nitrogens with two attached hydrogens (primary N) is 1. The van der Waals surface area contributed by atoms with Crippen LogP contribution in [0.5, 0.6) is 0 Å². The highest BCUT2D eigenvalue weighted by molar-refractivity contribution is 4.49. The van der Waals surface area contributed by atoms with E-state index in [1.165, 1.54) is 109 Å². The molecule has 0 radical (unpaired) electrons. The fraction of sp³-hybridized carbons (Fsp3) is 1.00. The van der Waals surface area contributed by atoms with E-state index in [0.717, 1.165) is 0 Å². The van der Waals surface area contributed by atoms with E-state index in [2.05, 4.69) is 19.2 Å². The quantitative estimate of drug-likeness (QED) is 0.397. The minimum atomic E-state index is 0. The monoisotopic (exact) mass is 319 g/mol. The summed E-state index contributed by atoms with van der Waals surface area (Å²) in [7, 11) is 0. The lowest BCUT2D eigenvalue weighted by molar-refractivity contribution is -0.655. The molecule has 0 aliphatic carbocycles. The van der Waals surface area contributed by atoms with Gasteiger partial charge >= 0.3 is 0 Å². The van der Waals surface area contributed by atoms with Gasteiger partial charge in [-0.1, -0.05) is 90.9 Å². The van der Waals surface area contributed by atoms with Crippen LogP contribution in [0, 0.1) is 0 Å². The van der Waals surface area contributed by atoms with Crippen molar-refractivity contribution in [3.8, 4) is 0 Å². The second kappa shape index (κ2) is 22.5. The molecule has 0 aromatic rings. The summed E-state index contributed by atoms with van der Waals surface area (Å²) >= 11 is 0. The van der Waals surface area contributed by atoms with Crippen molar-refractivity contribution in [2.75, 3.05) is 13.1 Å². The molecule has 0 aromatic carbocycles. The van der Waals surface area contributed by atoms with Crippen LogP contribution in [0.25, 0.3) is 0 Å². The smallest absolute Gasteiger partial charge is 0.0755 e. The van der Waals surface area contributed by atoms with Crippen molar-refractivity contribution in [3.63, 3.8) is 0 Å². The van der Waals surface area contributed by atoms with Crippen molar-refractivity contribution < 1.29 is 17.7 Å². The molecule has 0 fully saturated rings. The highest BCUT2D eigenvalue weighted by atomic mass is 35.5. The molecular formula is C19H42ClN. The minimum absolute atomic E-state index is 0. The van der Waals surface area contributed by atoms with Crippen LogP contribution >= 0.6 is 0 Å². The second-order valence-corrected chi connectivity index (χ2v) is 6.46. The first-order valence-electron chi connectivity index (χ1n) is 9.73. The molecule has 0 aromatic heterocycles. The molecule has 0 rings (SSSR count). The largest absolute Gasteiger partial charge is 1.00 e. The number of unbranched alkanes of at least 4 members (excludes halogenated alkanes) is 13. The van der Waals surface area contributed by atoms with Crippen LogP contribution in [0.15, 0.2) is 0 Å². The molecule has 1 nitrogen and oxygen atoms in total. The fourth-order valence-corrected chi connectivity index (χ4v) is 2.83. The SMILES string of the molecule is CCCCCCCCCCCCCCCC[NH2+]CCC.[Cl-]. The lowest BCUT2D eigenvalue weighted by Crippen LogP contribution is -3.00. The van der Waals surface area contributed by atoms with E-state index in [1.54, 1.807) is 0 Å². The Morgan fingerprint density at radius 3 is 1.19 bits per heavy atom. The molecule has 130 valence electrons. The summed E-state index contributed by atoms with van der Waals surface area (Å²) in [6.45, 7) is 7.23. The molecule has 0 saturated heterocycles. The van der Waals surface area contributed by atoms with Crippen LogP contribution in [-0.2, 0) is 0 Å². The second-order valence-electron chi connectivity index (χ2n) is 6.46. The highest BCUT2D eigenvalue weighted by Gasteiger charge is 1.94. The van der Waals surface area contributed by atoms with Crippen LogP contribution in [0.3, 0.4) is 0 Å². The maximum absolute atomic E-state index is 2.47. The van der Waals surface area contributed by atoms with Crippen molar-refractivity contribution in [2.24, 2.45) is 0 Å². The predicted octanol–water partition coefficient (Wildman–Crippen LogP) is 2.45. The van der Waals surface area contributed by atoms with Gasteiger partial charge in [0.2, 0.25) is 0 Å². The molecule has 0 bridgehead atoms. The van der Waals surface area contributed by atoms with E-state index in [9.17, 15) is 0 Å². The zero-order valence-electron chi connectivity index (χ0n) is 15.0. The van der Waals surface area contributed by atoms with Gasteiger partial charge in [-0.3, -0.25) is 0 Å². The lowest BCUT2D eigenvalue weighted by Gasteiger charge is -2.03. The van der Waals surface area contributed by atoms with Crippen LogP contribution in [0.1, 0.15) is 110 Å². The van der Waals surface area contributed by atoms with Crippen molar-refractivity contribution in [1.82, 2.24) is 0 Å². The summed E-state index contributed by atoms with van der Waals surface area (Å²) in [5.74, 6) is 0. The molecule has 0 atom stereocenters. The molecule has 0 saturated carbocycles. The maximum Gasteiger partial charge on any atom is 0.0755 e. The molecule has 2 heteroatoms. The molecule has 0 aliphatic heterocycles. The van der Waals surface area contributed by atoms with Gasteiger partial charge in [-0.2, -0.15) is 0 Å². The van der Waals surface area contributed by atoms with E-state index in [0.29, 0.717) is 0 Å². The van der Waals surface area contributed by atoms with E-state index < -0.39 is 0 Å². The number of halogens is 1. The first kappa shape index (κ1) is 23.5. The van der Waals surface area contributed by atoms with Crippen molar-refractivity contribution >= 4 is 0 Å². The van der Waals surface area contributed by atoms with Crippen molar-refractivity contribution in [1.29, 1.82) is 0 Å². The summed E-state index contributed by atoms with van der Waals surface area (Å²) in [5.41, 5.74) is 0. The Balaban J connectivity index is 0. The van der Waals surface area contributed by atoms with Gasteiger partial charge in [-0.05, 0) is 19.3 Å². The van der Waals surface area contributed by atoms with Gasteiger partial charge in [-0.15, -0.1) is 0 Å². The van der Waals surface area contributed by atoms with Crippen LogP contribution in [-0.4, -0.2) is 13.1 Å². The van der Waals surface area contributed by atoms with E-state index in [4.69, 9.17) is 0 Å². The Labute approximate surface area is 141 Å². The minimum Gasteiger partial charge on any atom is -1.00 e. The molecule has 2 N–H and O–H groups in total. The fourth-order valence-electron chi connectivity index (χ4n) is 2.83. The van der Waals surface area contributed by atoms with E-state index in [-0.39, 0.29) is 12.4 Å². The summed E-state index contributed by atoms with van der Waals surface area (Å²) < 4.78 is 0. The Kier molecular flexibility index (Phi) is 25.2. The van der Waals surface area contributed by atoms with Crippen LogP contribution in [0.4, 0.5) is 0 Å². The zero-order valence-corrected chi connectivity index (χ0v) is 15.7. The molecule has 0 heterocycles. The Morgan fingerprint density at radius 2 is 0.810 bits per heavy atom. The van der Waals surface area contributed by atoms with Crippen molar-refractivity contribution in [3.05, 3.63) is 0 Å². The van der Waals surface area contributed by atoms with Crippen LogP contribution in [0.2, 0.25) is 0 Å². The van der Waals surface area contributed by atoms with Gasteiger partial charge in [0, 0.05) is 0 Å². The van der Waals surface area contributed by atoms with Gasteiger partial charge < -0.3 is 17.7 Å². The number of rotatable bonds is 17. The number of hydrogen-bond donors (Lipinski definition) is 1. The highest BCUT2D eigenvalue weighted by Crippen LogP contribution is 2.12. The average molecular weight is 320 g/mol. The maximum atomic E-state index is 2.47. The molecule has 0 aliphatic rings. The molecular weight excluding hydrogens is 278 g/mol. The van der Waals surface area contributed by atoms with Gasteiger partial charge in [0.15, 0.2) is 0 Å². The first-order chi connectivity index (χ1) is 9.91.